The van der Waals surface area contributed by atoms with E-state index >= 15 is 0 Å². The highest BCUT2D eigenvalue weighted by Gasteiger charge is 2.18. The summed E-state index contributed by atoms with van der Waals surface area (Å²) in [6.45, 7) is 2.04. The number of benzene rings is 1. The third-order valence-corrected chi connectivity index (χ3v) is 2.91. The third-order valence-electron chi connectivity index (χ3n) is 2.91. The van der Waals surface area contributed by atoms with Crippen molar-refractivity contribution in [2.45, 2.75) is 25.4 Å². The van der Waals surface area contributed by atoms with Crippen LogP contribution in [0.25, 0.3) is 0 Å². The lowest BCUT2D eigenvalue weighted by Gasteiger charge is -2.12. The van der Waals surface area contributed by atoms with Crippen molar-refractivity contribution >= 4 is 0 Å². The van der Waals surface area contributed by atoms with Crippen LogP contribution in [0.4, 0.5) is 0 Å². The van der Waals surface area contributed by atoms with Crippen LogP contribution in [0.3, 0.4) is 0 Å². The fraction of sp³-hybridized carbons (Fsp3) is 0.385. The van der Waals surface area contributed by atoms with E-state index in [1.807, 2.05) is 19.1 Å². The molecule has 80 valence electrons. The van der Waals surface area contributed by atoms with Gasteiger partial charge in [0.2, 0.25) is 0 Å². The monoisotopic (exact) mass is 204 g/mol. The minimum absolute atomic E-state index is 0.280. The topological polar surface area (TPSA) is 29.5 Å². The number of rotatable bonds is 2. The minimum atomic E-state index is -0.280. The van der Waals surface area contributed by atoms with E-state index in [-0.39, 0.29) is 6.10 Å². The van der Waals surface area contributed by atoms with Crippen LogP contribution in [0, 0.1) is 6.92 Å². The van der Waals surface area contributed by atoms with Gasteiger partial charge in [0, 0.05) is 5.92 Å². The van der Waals surface area contributed by atoms with Gasteiger partial charge in [-0.1, -0.05) is 24.3 Å². The van der Waals surface area contributed by atoms with Crippen LogP contribution in [-0.2, 0) is 0 Å². The summed E-state index contributed by atoms with van der Waals surface area (Å²) in [6.07, 6.45) is 4.46. The molecule has 1 aliphatic carbocycles. The minimum Gasteiger partial charge on any atom is -0.496 e. The Morgan fingerprint density at radius 2 is 2.13 bits per heavy atom. The van der Waals surface area contributed by atoms with Crippen molar-refractivity contribution in [1.82, 2.24) is 0 Å². The summed E-state index contributed by atoms with van der Waals surface area (Å²) in [7, 11) is 1.68. The first kappa shape index (κ1) is 10.2. The molecule has 0 aromatic heterocycles. The van der Waals surface area contributed by atoms with Gasteiger partial charge in [0.15, 0.2) is 0 Å². The lowest BCUT2D eigenvalue weighted by atomic mass is 9.96. The zero-order chi connectivity index (χ0) is 10.8. The first-order valence-electron chi connectivity index (χ1n) is 5.21. The van der Waals surface area contributed by atoms with Gasteiger partial charge in [-0.3, -0.25) is 0 Å². The van der Waals surface area contributed by atoms with E-state index in [4.69, 9.17) is 4.74 Å². The van der Waals surface area contributed by atoms with Gasteiger partial charge < -0.3 is 9.84 Å². The van der Waals surface area contributed by atoms with Gasteiger partial charge in [0.25, 0.3) is 0 Å². The summed E-state index contributed by atoms with van der Waals surface area (Å²) in [6, 6.07) is 6.19. The number of hydrogen-bond acceptors (Lipinski definition) is 2. The van der Waals surface area contributed by atoms with E-state index in [0.29, 0.717) is 5.92 Å². The molecule has 0 saturated heterocycles. The van der Waals surface area contributed by atoms with Gasteiger partial charge in [-0.15, -0.1) is 0 Å². The first-order chi connectivity index (χ1) is 7.20. The Hall–Kier alpha value is -1.28. The summed E-state index contributed by atoms with van der Waals surface area (Å²) >= 11 is 0. The van der Waals surface area contributed by atoms with Gasteiger partial charge >= 0.3 is 0 Å². The summed E-state index contributed by atoms with van der Waals surface area (Å²) in [5, 5.41) is 9.42. The summed E-state index contributed by atoms with van der Waals surface area (Å²) in [5.41, 5.74) is 2.39. The van der Waals surface area contributed by atoms with E-state index in [0.717, 1.165) is 17.7 Å². The van der Waals surface area contributed by atoms with Crippen LogP contribution in [0.2, 0.25) is 0 Å². The molecule has 15 heavy (non-hydrogen) atoms. The van der Waals surface area contributed by atoms with Crippen molar-refractivity contribution in [2.75, 3.05) is 7.11 Å². The molecule has 0 unspecified atom stereocenters. The summed E-state index contributed by atoms with van der Waals surface area (Å²) < 4.78 is 5.22. The van der Waals surface area contributed by atoms with E-state index in [9.17, 15) is 5.11 Å². The Morgan fingerprint density at radius 1 is 1.33 bits per heavy atom. The Morgan fingerprint density at radius 3 is 2.67 bits per heavy atom. The van der Waals surface area contributed by atoms with Crippen molar-refractivity contribution < 1.29 is 9.84 Å². The molecular formula is C13H16O2. The molecule has 0 amide bonds. The lowest BCUT2D eigenvalue weighted by molar-refractivity contribution is 0.218. The number of aryl methyl sites for hydroxylation is 1. The summed E-state index contributed by atoms with van der Waals surface area (Å²) in [4.78, 5) is 0. The van der Waals surface area contributed by atoms with Crippen molar-refractivity contribution in [3.63, 3.8) is 0 Å². The van der Waals surface area contributed by atoms with Crippen LogP contribution in [0.15, 0.2) is 30.4 Å². The molecule has 2 nitrogen and oxygen atoms in total. The maximum Gasteiger partial charge on any atom is 0.121 e. The second kappa shape index (κ2) is 4.07. The number of allylic oxidation sites excluding steroid dienone is 1. The average molecular weight is 204 g/mol. The second-order valence-electron chi connectivity index (χ2n) is 4.02. The Kier molecular flexibility index (Phi) is 2.78. The number of methoxy groups -OCH3 is 1. The SMILES string of the molecule is COc1ccc([C@H]2C=C[C@H](O)C2)cc1C. The molecule has 1 aliphatic rings. The fourth-order valence-corrected chi connectivity index (χ4v) is 2.06. The lowest BCUT2D eigenvalue weighted by Crippen LogP contribution is -2.01. The largest absolute Gasteiger partial charge is 0.496 e. The predicted octanol–water partition coefficient (Wildman–Crippen LogP) is 2.41. The Balaban J connectivity index is 2.23. The van der Waals surface area contributed by atoms with Gasteiger partial charge in [0.05, 0.1) is 13.2 Å². The number of ether oxygens (including phenoxy) is 1. The molecule has 0 saturated carbocycles. The van der Waals surface area contributed by atoms with Crippen LogP contribution in [0.1, 0.15) is 23.5 Å². The Bertz CT molecular complexity index is 382. The predicted molar refractivity (Wildman–Crippen MR) is 60.2 cm³/mol. The molecule has 1 aromatic carbocycles. The molecule has 0 bridgehead atoms. The van der Waals surface area contributed by atoms with E-state index in [2.05, 4.69) is 18.2 Å². The zero-order valence-electron chi connectivity index (χ0n) is 9.10. The molecule has 0 fully saturated rings. The molecule has 1 aromatic rings. The zero-order valence-corrected chi connectivity index (χ0v) is 9.10. The van der Waals surface area contributed by atoms with E-state index < -0.39 is 0 Å². The highest BCUT2D eigenvalue weighted by atomic mass is 16.5. The molecule has 2 rings (SSSR count). The molecular weight excluding hydrogens is 188 g/mol. The second-order valence-corrected chi connectivity index (χ2v) is 4.02. The number of aliphatic hydroxyl groups excluding tert-OH is 1. The van der Waals surface area contributed by atoms with E-state index in [1.54, 1.807) is 7.11 Å². The number of hydrogen-bond donors (Lipinski definition) is 1. The molecule has 0 radical (unpaired) electrons. The fourth-order valence-electron chi connectivity index (χ4n) is 2.06. The van der Waals surface area contributed by atoms with Crippen molar-refractivity contribution in [3.05, 3.63) is 41.5 Å². The smallest absolute Gasteiger partial charge is 0.121 e. The van der Waals surface area contributed by atoms with Gasteiger partial charge in [-0.25, -0.2) is 0 Å². The normalized spacial score (nSPS) is 24.5. The molecule has 2 heteroatoms. The highest BCUT2D eigenvalue weighted by molar-refractivity contribution is 5.39. The first-order valence-corrected chi connectivity index (χ1v) is 5.21. The van der Waals surface area contributed by atoms with Crippen molar-refractivity contribution in [2.24, 2.45) is 0 Å². The third kappa shape index (κ3) is 2.05. The average Bonchev–Trinajstić information content (AvgIpc) is 2.65. The molecule has 0 spiro atoms. The number of aliphatic hydroxyl groups is 1. The maximum atomic E-state index is 9.42. The Labute approximate surface area is 90.2 Å². The van der Waals surface area contributed by atoms with Crippen LogP contribution in [-0.4, -0.2) is 18.3 Å². The standard InChI is InChI=1S/C13H16O2/c1-9-7-10(4-6-13(9)15-2)11-3-5-12(14)8-11/h3-7,11-12,14H,8H2,1-2H3/t11-,12-/m0/s1. The summed E-state index contributed by atoms with van der Waals surface area (Å²) in [5.74, 6) is 1.27. The van der Waals surface area contributed by atoms with Crippen LogP contribution in [0.5, 0.6) is 5.75 Å². The van der Waals surface area contributed by atoms with Crippen LogP contribution < -0.4 is 4.74 Å². The highest BCUT2D eigenvalue weighted by Crippen LogP contribution is 2.31. The molecule has 2 atom stereocenters. The van der Waals surface area contributed by atoms with Gasteiger partial charge in [-0.05, 0) is 30.5 Å². The molecule has 0 aliphatic heterocycles. The quantitative estimate of drug-likeness (QED) is 0.750. The maximum absolute atomic E-state index is 9.42. The molecule has 1 N–H and O–H groups in total. The van der Waals surface area contributed by atoms with Crippen molar-refractivity contribution in [3.8, 4) is 5.75 Å². The van der Waals surface area contributed by atoms with Gasteiger partial charge in [-0.2, -0.15) is 0 Å². The van der Waals surface area contributed by atoms with Crippen LogP contribution >= 0.6 is 0 Å². The van der Waals surface area contributed by atoms with E-state index in [1.165, 1.54) is 5.56 Å². The van der Waals surface area contributed by atoms with Crippen molar-refractivity contribution in [1.29, 1.82) is 0 Å². The van der Waals surface area contributed by atoms with Gasteiger partial charge in [0.1, 0.15) is 5.75 Å². The molecule has 0 heterocycles.